The number of carbonyl (C=O) groups is 1. The molecular formula is C12H15NO2. The molecule has 15 heavy (non-hydrogen) atoms. The smallest absolute Gasteiger partial charge is 0.414 e. The van der Waals surface area contributed by atoms with E-state index in [1.165, 1.54) is 5.56 Å². The number of benzene rings is 1. The van der Waals surface area contributed by atoms with Crippen LogP contribution in [0.2, 0.25) is 0 Å². The molecule has 0 saturated carbocycles. The number of para-hydroxylation sites is 1. The summed E-state index contributed by atoms with van der Waals surface area (Å²) in [4.78, 5) is 13.5. The van der Waals surface area contributed by atoms with Gasteiger partial charge in [0.05, 0.1) is 12.3 Å². The van der Waals surface area contributed by atoms with E-state index in [-0.39, 0.29) is 12.1 Å². The first kappa shape index (κ1) is 10.0. The number of hydrogen-bond acceptors (Lipinski definition) is 2. The standard InChI is InChI=1S/C12H15NO2/c1-3-15-12(14)13-9(2)8-10-6-4-5-7-11(10)13/h4-7,9H,3,8H2,1-2H3. The lowest BCUT2D eigenvalue weighted by atomic mass is 10.1. The van der Waals surface area contributed by atoms with Crippen molar-refractivity contribution in [1.82, 2.24) is 0 Å². The van der Waals surface area contributed by atoms with Crippen molar-refractivity contribution in [2.24, 2.45) is 0 Å². The largest absolute Gasteiger partial charge is 0.449 e. The normalized spacial score (nSPS) is 18.8. The monoisotopic (exact) mass is 205 g/mol. The minimum Gasteiger partial charge on any atom is -0.449 e. The first-order valence-electron chi connectivity index (χ1n) is 5.28. The van der Waals surface area contributed by atoms with E-state index in [2.05, 4.69) is 6.07 Å². The summed E-state index contributed by atoms with van der Waals surface area (Å²) in [6, 6.07) is 8.17. The lowest BCUT2D eigenvalue weighted by Gasteiger charge is -2.21. The molecule has 2 rings (SSSR count). The number of carbonyl (C=O) groups excluding carboxylic acids is 1. The fraction of sp³-hybridized carbons (Fsp3) is 0.417. The van der Waals surface area contributed by atoms with Crippen molar-refractivity contribution in [2.45, 2.75) is 26.3 Å². The van der Waals surface area contributed by atoms with Crippen molar-refractivity contribution in [3.63, 3.8) is 0 Å². The molecule has 0 saturated heterocycles. The molecule has 0 fully saturated rings. The number of nitrogens with zero attached hydrogens (tertiary/aromatic N) is 1. The molecule has 1 aliphatic heterocycles. The van der Waals surface area contributed by atoms with Gasteiger partial charge in [-0.3, -0.25) is 4.90 Å². The fourth-order valence-corrected chi connectivity index (χ4v) is 2.04. The Hall–Kier alpha value is -1.51. The quantitative estimate of drug-likeness (QED) is 0.705. The van der Waals surface area contributed by atoms with Gasteiger partial charge in [0.15, 0.2) is 0 Å². The van der Waals surface area contributed by atoms with Crippen molar-refractivity contribution >= 4 is 11.8 Å². The lowest BCUT2D eigenvalue weighted by molar-refractivity contribution is 0.158. The maximum atomic E-state index is 11.7. The highest BCUT2D eigenvalue weighted by molar-refractivity contribution is 5.91. The lowest BCUT2D eigenvalue weighted by Crippen LogP contribution is -2.36. The summed E-state index contributed by atoms with van der Waals surface area (Å²) in [5, 5.41) is 0. The van der Waals surface area contributed by atoms with Crippen molar-refractivity contribution in [3.05, 3.63) is 29.8 Å². The average Bonchev–Trinajstić information content (AvgIpc) is 2.54. The molecule has 0 spiro atoms. The summed E-state index contributed by atoms with van der Waals surface area (Å²) < 4.78 is 5.04. The van der Waals surface area contributed by atoms with Gasteiger partial charge in [-0.25, -0.2) is 4.79 Å². The maximum absolute atomic E-state index is 11.7. The van der Waals surface area contributed by atoms with E-state index in [1.807, 2.05) is 32.0 Å². The Morgan fingerprint density at radius 3 is 3.00 bits per heavy atom. The second-order valence-corrected chi connectivity index (χ2v) is 3.75. The highest BCUT2D eigenvalue weighted by Gasteiger charge is 2.31. The van der Waals surface area contributed by atoms with E-state index >= 15 is 0 Å². The Morgan fingerprint density at radius 1 is 1.53 bits per heavy atom. The topological polar surface area (TPSA) is 29.5 Å². The molecule has 1 amide bonds. The Bertz CT molecular complexity index is 376. The maximum Gasteiger partial charge on any atom is 0.414 e. The van der Waals surface area contributed by atoms with Crippen molar-refractivity contribution in [1.29, 1.82) is 0 Å². The number of ether oxygens (including phenoxy) is 1. The van der Waals surface area contributed by atoms with Crippen molar-refractivity contribution in [2.75, 3.05) is 11.5 Å². The van der Waals surface area contributed by atoms with E-state index in [0.29, 0.717) is 6.61 Å². The molecular weight excluding hydrogens is 190 g/mol. The zero-order valence-electron chi connectivity index (χ0n) is 9.06. The van der Waals surface area contributed by atoms with Gasteiger partial charge in [0, 0.05) is 6.04 Å². The van der Waals surface area contributed by atoms with E-state index in [9.17, 15) is 4.79 Å². The van der Waals surface area contributed by atoms with Crippen LogP contribution in [-0.2, 0) is 11.2 Å². The van der Waals surface area contributed by atoms with Gasteiger partial charge in [-0.1, -0.05) is 18.2 Å². The second-order valence-electron chi connectivity index (χ2n) is 3.75. The predicted molar refractivity (Wildman–Crippen MR) is 59.1 cm³/mol. The van der Waals surface area contributed by atoms with Gasteiger partial charge >= 0.3 is 6.09 Å². The van der Waals surface area contributed by atoms with Crippen LogP contribution in [0, 0.1) is 0 Å². The van der Waals surface area contributed by atoms with E-state index in [0.717, 1.165) is 12.1 Å². The van der Waals surface area contributed by atoms with Gasteiger partial charge in [0.1, 0.15) is 0 Å². The van der Waals surface area contributed by atoms with Crippen LogP contribution in [0.4, 0.5) is 10.5 Å². The molecule has 1 atom stereocenters. The van der Waals surface area contributed by atoms with Gasteiger partial charge in [-0.05, 0) is 31.9 Å². The minimum atomic E-state index is -0.241. The Morgan fingerprint density at radius 2 is 2.27 bits per heavy atom. The third kappa shape index (κ3) is 1.69. The minimum absolute atomic E-state index is 0.196. The molecule has 1 aliphatic rings. The van der Waals surface area contributed by atoms with Crippen molar-refractivity contribution < 1.29 is 9.53 Å². The molecule has 3 nitrogen and oxygen atoms in total. The Balaban J connectivity index is 2.29. The summed E-state index contributed by atoms with van der Waals surface area (Å²) in [5.41, 5.74) is 2.21. The molecule has 0 bridgehead atoms. The highest BCUT2D eigenvalue weighted by Crippen LogP contribution is 2.32. The number of anilines is 1. The highest BCUT2D eigenvalue weighted by atomic mass is 16.6. The third-order valence-electron chi connectivity index (χ3n) is 2.67. The SMILES string of the molecule is CCOC(=O)N1c2ccccc2CC1C. The van der Waals surface area contributed by atoms with E-state index in [4.69, 9.17) is 4.74 Å². The molecule has 0 radical (unpaired) electrons. The zero-order chi connectivity index (χ0) is 10.8. The second kappa shape index (κ2) is 3.93. The summed E-state index contributed by atoms with van der Waals surface area (Å²) in [5.74, 6) is 0. The van der Waals surface area contributed by atoms with Gasteiger partial charge < -0.3 is 4.74 Å². The number of amides is 1. The Kier molecular flexibility index (Phi) is 2.62. The molecule has 1 aromatic carbocycles. The average molecular weight is 205 g/mol. The fourth-order valence-electron chi connectivity index (χ4n) is 2.04. The van der Waals surface area contributed by atoms with Gasteiger partial charge in [0.25, 0.3) is 0 Å². The summed E-state index contributed by atoms with van der Waals surface area (Å²) in [6.07, 6.45) is 0.671. The number of fused-ring (bicyclic) bond motifs is 1. The first-order chi connectivity index (χ1) is 7.24. The number of rotatable bonds is 1. The van der Waals surface area contributed by atoms with Gasteiger partial charge in [0.2, 0.25) is 0 Å². The van der Waals surface area contributed by atoms with Crippen LogP contribution in [0.3, 0.4) is 0 Å². The van der Waals surface area contributed by atoms with Crippen LogP contribution >= 0.6 is 0 Å². The summed E-state index contributed by atoms with van der Waals surface area (Å²) in [7, 11) is 0. The van der Waals surface area contributed by atoms with Crippen LogP contribution in [0.15, 0.2) is 24.3 Å². The van der Waals surface area contributed by atoms with Crippen LogP contribution < -0.4 is 4.90 Å². The molecule has 3 heteroatoms. The van der Waals surface area contributed by atoms with Crippen LogP contribution in [0.25, 0.3) is 0 Å². The molecule has 80 valence electrons. The molecule has 0 N–H and O–H groups in total. The summed E-state index contributed by atoms with van der Waals surface area (Å²) >= 11 is 0. The van der Waals surface area contributed by atoms with E-state index < -0.39 is 0 Å². The molecule has 1 heterocycles. The third-order valence-corrected chi connectivity index (χ3v) is 2.67. The Labute approximate surface area is 89.7 Å². The summed E-state index contributed by atoms with van der Waals surface area (Å²) in [6.45, 7) is 4.28. The zero-order valence-corrected chi connectivity index (χ0v) is 9.06. The molecule has 0 aliphatic carbocycles. The van der Waals surface area contributed by atoms with Crippen LogP contribution in [0.1, 0.15) is 19.4 Å². The molecule has 0 aromatic heterocycles. The van der Waals surface area contributed by atoms with Crippen LogP contribution in [0.5, 0.6) is 0 Å². The van der Waals surface area contributed by atoms with Crippen molar-refractivity contribution in [3.8, 4) is 0 Å². The predicted octanol–water partition coefficient (Wildman–Crippen LogP) is 2.59. The van der Waals surface area contributed by atoms with Crippen LogP contribution in [-0.4, -0.2) is 18.7 Å². The van der Waals surface area contributed by atoms with Gasteiger partial charge in [-0.2, -0.15) is 0 Å². The van der Waals surface area contributed by atoms with Gasteiger partial charge in [-0.15, -0.1) is 0 Å². The molecule has 1 aromatic rings. The molecule has 1 unspecified atom stereocenters. The first-order valence-corrected chi connectivity index (χ1v) is 5.28. The number of hydrogen-bond donors (Lipinski definition) is 0. The van der Waals surface area contributed by atoms with E-state index in [1.54, 1.807) is 4.90 Å².